The maximum absolute atomic E-state index is 13.1. The third-order valence-corrected chi connectivity index (χ3v) is 6.10. The number of hydrogen-bond acceptors (Lipinski definition) is 5. The molecule has 2 aromatic rings. The van der Waals surface area contributed by atoms with Gasteiger partial charge < -0.3 is 24.7 Å². The highest BCUT2D eigenvalue weighted by atomic mass is 16.5. The van der Waals surface area contributed by atoms with Gasteiger partial charge in [0.2, 0.25) is 5.91 Å². The van der Waals surface area contributed by atoms with Crippen LogP contribution >= 0.6 is 0 Å². The van der Waals surface area contributed by atoms with Gasteiger partial charge in [0.25, 0.3) is 5.91 Å². The van der Waals surface area contributed by atoms with E-state index in [0.29, 0.717) is 19.5 Å². The van der Waals surface area contributed by atoms with Gasteiger partial charge >= 0.3 is 0 Å². The standard InChI is InChI=1S/C21H20N2O5/c24-14-7-4-8-15(25)19(14)20(27)22-10-9-21-17(22)11-18(26)23(21)12-16(28-21)13-5-2-1-3-6-13/h1-8,16-17,24-25H,9-12H2/t16-,17-,21+/m1/s1. The first-order valence-corrected chi connectivity index (χ1v) is 9.36. The number of aromatic hydroxyl groups is 2. The SMILES string of the molecule is O=C(c1c(O)cccc1O)N1CC[C@@]23O[C@@H](c4ccccc4)CN2C(=O)C[C@@H]13. The van der Waals surface area contributed by atoms with Gasteiger partial charge in [0.05, 0.1) is 19.0 Å². The summed E-state index contributed by atoms with van der Waals surface area (Å²) < 4.78 is 6.42. The van der Waals surface area contributed by atoms with E-state index in [-0.39, 0.29) is 35.5 Å². The van der Waals surface area contributed by atoms with Crippen LogP contribution in [-0.2, 0) is 9.53 Å². The Labute approximate surface area is 161 Å². The van der Waals surface area contributed by atoms with Crippen molar-refractivity contribution >= 4 is 11.8 Å². The molecule has 3 fully saturated rings. The van der Waals surface area contributed by atoms with Gasteiger partial charge in [0.1, 0.15) is 23.2 Å². The fraction of sp³-hybridized carbons (Fsp3) is 0.333. The summed E-state index contributed by atoms with van der Waals surface area (Å²) in [5.41, 5.74) is 0.0248. The number of nitrogens with zero attached hydrogens (tertiary/aromatic N) is 2. The molecule has 0 aliphatic carbocycles. The highest BCUT2D eigenvalue weighted by Crippen LogP contribution is 2.51. The second kappa shape index (κ2) is 5.97. The third kappa shape index (κ3) is 2.26. The van der Waals surface area contributed by atoms with Crippen molar-refractivity contribution in [3.63, 3.8) is 0 Å². The fourth-order valence-electron chi connectivity index (χ4n) is 4.80. The van der Waals surface area contributed by atoms with Crippen LogP contribution in [0.25, 0.3) is 0 Å². The summed E-state index contributed by atoms with van der Waals surface area (Å²) in [5, 5.41) is 20.1. The number of carbonyl (C=O) groups is 2. The second-order valence-electron chi connectivity index (χ2n) is 7.51. The molecule has 2 aromatic carbocycles. The Morgan fingerprint density at radius 2 is 1.79 bits per heavy atom. The first-order valence-electron chi connectivity index (χ1n) is 9.36. The molecule has 28 heavy (non-hydrogen) atoms. The highest BCUT2D eigenvalue weighted by Gasteiger charge is 2.65. The lowest BCUT2D eigenvalue weighted by Crippen LogP contribution is -2.48. The van der Waals surface area contributed by atoms with Gasteiger partial charge in [-0.1, -0.05) is 36.4 Å². The number of rotatable bonds is 2. The quantitative estimate of drug-likeness (QED) is 0.832. The number of likely N-dealkylation sites (tertiary alicyclic amines) is 1. The van der Waals surface area contributed by atoms with Crippen molar-refractivity contribution in [1.29, 1.82) is 0 Å². The molecule has 7 nitrogen and oxygen atoms in total. The van der Waals surface area contributed by atoms with Crippen molar-refractivity contribution in [3.8, 4) is 11.5 Å². The van der Waals surface area contributed by atoms with E-state index in [0.717, 1.165) is 5.56 Å². The lowest BCUT2D eigenvalue weighted by molar-refractivity contribution is -0.138. The molecular formula is C21H20N2O5. The number of carbonyl (C=O) groups excluding carboxylic acids is 2. The zero-order valence-electron chi connectivity index (χ0n) is 15.1. The number of ether oxygens (including phenoxy) is 1. The Bertz CT molecular complexity index is 942. The van der Waals surface area contributed by atoms with Crippen molar-refractivity contribution in [2.45, 2.75) is 30.7 Å². The fourth-order valence-corrected chi connectivity index (χ4v) is 4.80. The summed E-state index contributed by atoms with van der Waals surface area (Å²) in [6, 6.07) is 13.5. The van der Waals surface area contributed by atoms with E-state index in [1.54, 1.807) is 9.80 Å². The van der Waals surface area contributed by atoms with Gasteiger partial charge in [-0.15, -0.1) is 0 Å². The van der Waals surface area contributed by atoms with Gasteiger partial charge in [-0.05, 0) is 17.7 Å². The molecule has 0 aromatic heterocycles. The molecule has 0 radical (unpaired) electrons. The van der Waals surface area contributed by atoms with E-state index in [1.165, 1.54) is 18.2 Å². The van der Waals surface area contributed by atoms with E-state index in [2.05, 4.69) is 0 Å². The molecule has 0 unspecified atom stereocenters. The smallest absolute Gasteiger partial charge is 0.261 e. The average molecular weight is 380 g/mol. The molecule has 0 saturated carbocycles. The van der Waals surface area contributed by atoms with Gasteiger partial charge in [-0.3, -0.25) is 9.59 Å². The summed E-state index contributed by atoms with van der Waals surface area (Å²) >= 11 is 0. The van der Waals surface area contributed by atoms with Crippen LogP contribution in [0.2, 0.25) is 0 Å². The Hall–Kier alpha value is -3.06. The number of amides is 2. The van der Waals surface area contributed by atoms with E-state index >= 15 is 0 Å². The van der Waals surface area contributed by atoms with Crippen molar-refractivity contribution in [1.82, 2.24) is 9.80 Å². The minimum atomic E-state index is -0.840. The maximum Gasteiger partial charge on any atom is 0.261 e. The lowest BCUT2D eigenvalue weighted by atomic mass is 10.1. The normalized spacial score (nSPS) is 28.5. The van der Waals surface area contributed by atoms with E-state index < -0.39 is 17.7 Å². The second-order valence-corrected chi connectivity index (χ2v) is 7.51. The summed E-state index contributed by atoms with van der Waals surface area (Å²) in [6.07, 6.45) is 0.454. The number of hydrogen-bond donors (Lipinski definition) is 2. The number of benzene rings is 2. The molecule has 2 amide bonds. The van der Waals surface area contributed by atoms with Gasteiger partial charge in [-0.2, -0.15) is 0 Å². The first-order chi connectivity index (χ1) is 13.5. The molecule has 3 heterocycles. The summed E-state index contributed by atoms with van der Waals surface area (Å²) in [7, 11) is 0. The lowest BCUT2D eigenvalue weighted by Gasteiger charge is -2.32. The van der Waals surface area contributed by atoms with Crippen molar-refractivity contribution < 1.29 is 24.5 Å². The Morgan fingerprint density at radius 3 is 2.50 bits per heavy atom. The van der Waals surface area contributed by atoms with Crippen molar-refractivity contribution in [3.05, 3.63) is 59.7 Å². The Morgan fingerprint density at radius 1 is 1.07 bits per heavy atom. The molecule has 3 saturated heterocycles. The van der Waals surface area contributed by atoms with Crippen LogP contribution < -0.4 is 0 Å². The molecule has 0 bridgehead atoms. The van der Waals surface area contributed by atoms with E-state index in [9.17, 15) is 19.8 Å². The largest absolute Gasteiger partial charge is 0.507 e. The van der Waals surface area contributed by atoms with Crippen molar-refractivity contribution in [2.75, 3.05) is 13.1 Å². The van der Waals surface area contributed by atoms with E-state index in [1.807, 2.05) is 30.3 Å². The molecule has 1 spiro atoms. The van der Waals surface area contributed by atoms with Crippen LogP contribution in [0.5, 0.6) is 11.5 Å². The predicted octanol–water partition coefficient (Wildman–Crippen LogP) is 2.01. The molecule has 5 rings (SSSR count). The summed E-state index contributed by atoms with van der Waals surface area (Å²) in [4.78, 5) is 29.1. The molecule has 3 aliphatic heterocycles. The molecule has 7 heteroatoms. The molecule has 144 valence electrons. The van der Waals surface area contributed by atoms with E-state index in [4.69, 9.17) is 4.74 Å². The van der Waals surface area contributed by atoms with Crippen LogP contribution in [0, 0.1) is 0 Å². The monoisotopic (exact) mass is 380 g/mol. The van der Waals surface area contributed by atoms with Gasteiger partial charge in [-0.25, -0.2) is 0 Å². The molecule has 2 N–H and O–H groups in total. The maximum atomic E-state index is 13.1. The van der Waals surface area contributed by atoms with Gasteiger partial charge in [0, 0.05) is 13.0 Å². The Kier molecular flexibility index (Phi) is 3.64. The minimum Gasteiger partial charge on any atom is -0.507 e. The van der Waals surface area contributed by atoms with Gasteiger partial charge in [0.15, 0.2) is 5.72 Å². The number of phenolic OH excluding ortho intramolecular Hbond substituents is 2. The topological polar surface area (TPSA) is 90.3 Å². The van der Waals surface area contributed by atoms with Crippen LogP contribution in [0.1, 0.15) is 34.9 Å². The Balaban J connectivity index is 1.47. The summed E-state index contributed by atoms with van der Waals surface area (Å²) in [5.74, 6) is -1.08. The number of phenols is 2. The molecule has 3 atom stereocenters. The zero-order valence-corrected chi connectivity index (χ0v) is 15.1. The first kappa shape index (κ1) is 17.1. The van der Waals surface area contributed by atoms with Crippen molar-refractivity contribution in [2.24, 2.45) is 0 Å². The van der Waals surface area contributed by atoms with Crippen LogP contribution in [0.15, 0.2) is 48.5 Å². The summed E-state index contributed by atoms with van der Waals surface area (Å²) in [6.45, 7) is 0.853. The van der Waals surface area contributed by atoms with Crippen LogP contribution in [-0.4, -0.2) is 56.7 Å². The molecule has 3 aliphatic rings. The highest BCUT2D eigenvalue weighted by molar-refractivity contribution is 6.00. The van der Waals surface area contributed by atoms with Crippen LogP contribution in [0.3, 0.4) is 0 Å². The minimum absolute atomic E-state index is 0.0394. The predicted molar refractivity (Wildman–Crippen MR) is 98.5 cm³/mol. The third-order valence-electron chi connectivity index (χ3n) is 6.10. The molecular weight excluding hydrogens is 360 g/mol. The van der Waals surface area contributed by atoms with Crippen LogP contribution in [0.4, 0.5) is 0 Å². The average Bonchev–Trinajstić information content (AvgIpc) is 3.31. The zero-order chi connectivity index (χ0) is 19.5.